The van der Waals surface area contributed by atoms with Crippen LogP contribution in [0.15, 0.2) is 8.73 Å². The van der Waals surface area contributed by atoms with Crippen LogP contribution >= 0.6 is 0 Å². The fraction of sp³-hybridized carbons (Fsp3) is 1.00. The third-order valence-corrected chi connectivity index (χ3v) is 3.59. The van der Waals surface area contributed by atoms with Crippen molar-refractivity contribution in [3.05, 3.63) is 0 Å². The molecule has 0 aliphatic heterocycles. The van der Waals surface area contributed by atoms with E-state index in [2.05, 4.69) is 32.3 Å². The van der Waals surface area contributed by atoms with Gasteiger partial charge in [0.1, 0.15) is 0 Å². The second kappa shape index (κ2) is 16.3. The van der Waals surface area contributed by atoms with Gasteiger partial charge in [-0.3, -0.25) is 0 Å². The van der Waals surface area contributed by atoms with Gasteiger partial charge in [-0.2, -0.15) is 0 Å². The van der Waals surface area contributed by atoms with Gasteiger partial charge in [-0.1, -0.05) is 51.4 Å². The highest BCUT2D eigenvalue weighted by Gasteiger charge is 1.92. The lowest BCUT2D eigenvalue weighted by Crippen LogP contribution is -1.84. The van der Waals surface area contributed by atoms with E-state index in [1.165, 1.54) is 74.3 Å². The van der Waals surface area contributed by atoms with Crippen LogP contribution in [-0.2, 0) is 33.7 Å². The summed E-state index contributed by atoms with van der Waals surface area (Å²) in [7, 11) is 1.18. The zero-order valence-corrected chi connectivity index (χ0v) is 13.1. The molecule has 0 fully saturated rings. The topological polar surface area (TPSA) is 24.7 Å². The molecule has 0 aromatic heterocycles. The van der Waals surface area contributed by atoms with Crippen LogP contribution in [0.25, 0.3) is 0 Å². The molecule has 0 N–H and O–H groups in total. The number of rotatable bonds is 13. The van der Waals surface area contributed by atoms with Crippen molar-refractivity contribution in [2.24, 2.45) is 8.73 Å². The molecule has 0 aliphatic rings. The van der Waals surface area contributed by atoms with Gasteiger partial charge in [-0.15, -0.1) is 0 Å². The lowest BCUT2D eigenvalue weighted by molar-refractivity contribution is 0.555. The average Bonchev–Trinajstić information content (AvgIpc) is 2.35. The van der Waals surface area contributed by atoms with Gasteiger partial charge < -0.3 is 0 Å². The van der Waals surface area contributed by atoms with Crippen LogP contribution in [0.3, 0.4) is 0 Å². The van der Waals surface area contributed by atoms with Crippen molar-refractivity contribution >= 4 is 33.7 Å². The number of hydrogen-bond donors (Lipinski definition) is 0. The summed E-state index contributed by atoms with van der Waals surface area (Å²) >= 11 is 9.23. The summed E-state index contributed by atoms with van der Waals surface area (Å²) in [4.78, 5) is 0. The molecule has 5 heteroatoms. The summed E-state index contributed by atoms with van der Waals surface area (Å²) in [5.74, 6) is 0. The molecule has 0 rings (SSSR count). The van der Waals surface area contributed by atoms with Crippen LogP contribution in [0.5, 0.6) is 0 Å². The van der Waals surface area contributed by atoms with E-state index in [0.717, 1.165) is 13.1 Å². The first-order valence-electron chi connectivity index (χ1n) is 6.66. The maximum atomic E-state index is 4.68. The second-order valence-corrected chi connectivity index (χ2v) is 5.43. The molecule has 0 aromatic carbocycles. The van der Waals surface area contributed by atoms with Crippen LogP contribution in [0.4, 0.5) is 0 Å². The first-order valence-corrected chi connectivity index (χ1v) is 8.73. The van der Waals surface area contributed by atoms with Crippen molar-refractivity contribution in [2.45, 2.75) is 64.2 Å². The van der Waals surface area contributed by atoms with Gasteiger partial charge >= 0.3 is 0 Å². The van der Waals surface area contributed by atoms with Gasteiger partial charge in [0.2, 0.25) is 0 Å². The molecule has 0 spiro atoms. The minimum absolute atomic E-state index is 0.864. The Morgan fingerprint density at radius 2 is 1.06 bits per heavy atom. The van der Waals surface area contributed by atoms with Crippen molar-refractivity contribution < 1.29 is 0 Å². The van der Waals surface area contributed by atoms with E-state index in [1.807, 2.05) is 0 Å². The van der Waals surface area contributed by atoms with E-state index < -0.39 is 0 Å². The smallest absolute Gasteiger partial charge is 0.0521 e. The molecule has 0 saturated carbocycles. The Morgan fingerprint density at radius 1 is 0.647 bits per heavy atom. The molecular formula is C12H24N2S3. The van der Waals surface area contributed by atoms with Crippen molar-refractivity contribution in [2.75, 3.05) is 13.1 Å². The van der Waals surface area contributed by atoms with Crippen LogP contribution in [0.1, 0.15) is 64.2 Å². The highest BCUT2D eigenvalue weighted by atomic mass is 32.8. The van der Waals surface area contributed by atoms with Crippen molar-refractivity contribution in [3.8, 4) is 0 Å². The molecule has 0 bridgehead atoms. The summed E-state index contributed by atoms with van der Waals surface area (Å²) < 4.78 is 7.76. The summed E-state index contributed by atoms with van der Waals surface area (Å²) in [6.45, 7) is 1.80. The zero-order chi connectivity index (χ0) is 12.6. The normalized spacial score (nSPS) is 10.1. The molecule has 0 saturated heterocycles. The standard InChI is InChI=1S/C12H24N2S3/c15-13-11-9-7-5-3-1-2-4-6-8-10-12-14-17-16/h1-12H2. The predicted octanol–water partition coefficient (Wildman–Crippen LogP) is 4.35. The molecular weight excluding hydrogens is 268 g/mol. The van der Waals surface area contributed by atoms with Gasteiger partial charge in [0.25, 0.3) is 0 Å². The third-order valence-electron chi connectivity index (χ3n) is 2.80. The van der Waals surface area contributed by atoms with Crippen molar-refractivity contribution in [3.63, 3.8) is 0 Å². The first kappa shape index (κ1) is 17.3. The minimum Gasteiger partial charge on any atom is -0.220 e. The Balaban J connectivity index is 2.93. The van der Waals surface area contributed by atoms with E-state index in [4.69, 9.17) is 0 Å². The van der Waals surface area contributed by atoms with Gasteiger partial charge in [-0.05, 0) is 12.8 Å². The Morgan fingerprint density at radius 3 is 1.47 bits per heavy atom. The van der Waals surface area contributed by atoms with Crippen LogP contribution in [-0.4, -0.2) is 13.1 Å². The molecule has 0 unspecified atom stereocenters. The lowest BCUT2D eigenvalue weighted by Gasteiger charge is -2.01. The first-order chi connectivity index (χ1) is 8.41. The summed E-state index contributed by atoms with van der Waals surface area (Å²) in [5, 5.41) is 0. The average molecular weight is 293 g/mol. The van der Waals surface area contributed by atoms with Crippen LogP contribution in [0, 0.1) is 0 Å². The van der Waals surface area contributed by atoms with Gasteiger partial charge in [0, 0.05) is 33.7 Å². The number of nitrogens with zero attached hydrogens (tertiary/aromatic N) is 2. The van der Waals surface area contributed by atoms with Gasteiger partial charge in [0.05, 0.1) is 13.1 Å². The highest BCUT2D eigenvalue weighted by molar-refractivity contribution is 8.12. The van der Waals surface area contributed by atoms with E-state index in [0.29, 0.717) is 0 Å². The maximum absolute atomic E-state index is 4.68. The molecule has 0 amide bonds. The Bertz CT molecular complexity index is 216. The largest absolute Gasteiger partial charge is 0.220 e. The Labute approximate surface area is 120 Å². The predicted molar refractivity (Wildman–Crippen MR) is 82.9 cm³/mol. The van der Waals surface area contributed by atoms with E-state index in [-0.39, 0.29) is 0 Å². The maximum Gasteiger partial charge on any atom is 0.0521 e. The molecule has 2 nitrogen and oxygen atoms in total. The monoisotopic (exact) mass is 292 g/mol. The highest BCUT2D eigenvalue weighted by Crippen LogP contribution is 2.10. The third kappa shape index (κ3) is 16.3. The molecule has 17 heavy (non-hydrogen) atoms. The molecule has 0 aromatic rings. The molecule has 0 radical (unpaired) electrons. The quantitative estimate of drug-likeness (QED) is 0.472. The van der Waals surface area contributed by atoms with Crippen molar-refractivity contribution in [1.29, 1.82) is 0 Å². The van der Waals surface area contributed by atoms with Gasteiger partial charge in [-0.25, -0.2) is 8.73 Å². The number of unbranched alkanes of at least 4 members (excludes halogenated alkanes) is 9. The second-order valence-electron chi connectivity index (χ2n) is 4.32. The van der Waals surface area contributed by atoms with E-state index >= 15 is 0 Å². The SMILES string of the molecule is S=NCCCCCCCCCCCCN=S=S. The van der Waals surface area contributed by atoms with E-state index in [1.54, 1.807) is 0 Å². The minimum atomic E-state index is 0.864. The fourth-order valence-corrected chi connectivity index (χ4v) is 2.36. The van der Waals surface area contributed by atoms with E-state index in [9.17, 15) is 0 Å². The molecule has 0 aliphatic carbocycles. The van der Waals surface area contributed by atoms with Gasteiger partial charge in [0.15, 0.2) is 0 Å². The fourth-order valence-electron chi connectivity index (χ4n) is 1.80. The van der Waals surface area contributed by atoms with Crippen LogP contribution < -0.4 is 0 Å². The zero-order valence-electron chi connectivity index (χ0n) is 10.6. The summed E-state index contributed by atoms with van der Waals surface area (Å²) in [5.41, 5.74) is 0. The summed E-state index contributed by atoms with van der Waals surface area (Å²) in [6.07, 6.45) is 13.2. The summed E-state index contributed by atoms with van der Waals surface area (Å²) in [6, 6.07) is 0. The number of hydrogen-bond acceptors (Lipinski definition) is 4. The molecule has 0 atom stereocenters. The van der Waals surface area contributed by atoms with Crippen LogP contribution in [0.2, 0.25) is 0 Å². The Hall–Kier alpha value is 0.260. The Kier molecular flexibility index (Phi) is 16.5. The lowest BCUT2D eigenvalue weighted by atomic mass is 10.1. The molecule has 0 heterocycles. The molecule has 100 valence electrons. The van der Waals surface area contributed by atoms with Crippen molar-refractivity contribution in [1.82, 2.24) is 0 Å².